The molecule has 1 N–H and O–H groups in total. The Morgan fingerprint density at radius 2 is 1.97 bits per heavy atom. The molecular weight excluding hydrogens is 492 g/mol. The minimum absolute atomic E-state index is 0.0481. The zero-order chi connectivity index (χ0) is 27.0. The van der Waals surface area contributed by atoms with Gasteiger partial charge < -0.3 is 19.4 Å². The Balaban J connectivity index is 1.40. The molecule has 1 fully saturated rings. The highest BCUT2D eigenvalue weighted by Crippen LogP contribution is 2.37. The number of hydrogen-bond acceptors (Lipinski definition) is 7. The Kier molecular flexibility index (Phi) is 6.25. The number of oxazole rings is 1. The molecule has 2 aromatic heterocycles. The van der Waals surface area contributed by atoms with Crippen molar-refractivity contribution in [3.05, 3.63) is 83.8 Å². The third-order valence-corrected chi connectivity index (χ3v) is 7.41. The second-order valence-corrected chi connectivity index (χ2v) is 10.1. The Morgan fingerprint density at radius 1 is 1.15 bits per heavy atom. The van der Waals surface area contributed by atoms with Gasteiger partial charge in [0.15, 0.2) is 0 Å². The molecule has 4 heterocycles. The zero-order valence-corrected chi connectivity index (χ0v) is 21.8. The summed E-state index contributed by atoms with van der Waals surface area (Å²) in [4.78, 5) is 19.9. The van der Waals surface area contributed by atoms with E-state index in [1.807, 2.05) is 77.4 Å². The van der Waals surface area contributed by atoms with Crippen LogP contribution < -0.4 is 15.0 Å². The predicted octanol–water partition coefficient (Wildman–Crippen LogP) is 4.54. The fraction of sp³-hybridized carbons (Fsp3) is 0.267. The van der Waals surface area contributed by atoms with Gasteiger partial charge in [0.1, 0.15) is 17.0 Å². The maximum absolute atomic E-state index is 13.7. The van der Waals surface area contributed by atoms with Gasteiger partial charge >= 0.3 is 0 Å². The number of hydrogen-bond donors (Lipinski definition) is 1. The van der Waals surface area contributed by atoms with Gasteiger partial charge in [-0.1, -0.05) is 24.3 Å². The summed E-state index contributed by atoms with van der Waals surface area (Å²) in [5, 5.41) is 17.2. The number of fused-ring (bicyclic) bond motifs is 1. The van der Waals surface area contributed by atoms with Crippen LogP contribution in [0.3, 0.4) is 0 Å². The van der Waals surface area contributed by atoms with Crippen molar-refractivity contribution in [3.63, 3.8) is 0 Å². The molecule has 6 rings (SSSR count). The number of benzene rings is 2. The number of ether oxygens (including phenoxy) is 1. The highest BCUT2D eigenvalue weighted by atomic mass is 16.5. The maximum atomic E-state index is 13.7. The van der Waals surface area contributed by atoms with Crippen LogP contribution in [0, 0.1) is 18.3 Å². The Morgan fingerprint density at radius 3 is 2.64 bits per heavy atom. The van der Waals surface area contributed by atoms with Crippen molar-refractivity contribution in [2.24, 2.45) is 0 Å². The van der Waals surface area contributed by atoms with Crippen LogP contribution in [-0.2, 0) is 16.9 Å². The number of nitrogens with one attached hydrogen (secondary N) is 1. The van der Waals surface area contributed by atoms with Crippen LogP contribution in [0.15, 0.2) is 65.5 Å². The van der Waals surface area contributed by atoms with Crippen LogP contribution in [-0.4, -0.2) is 40.9 Å². The van der Waals surface area contributed by atoms with Crippen LogP contribution in [0.4, 0.5) is 5.69 Å². The van der Waals surface area contributed by atoms with Crippen molar-refractivity contribution >= 4 is 23.2 Å². The van der Waals surface area contributed by atoms with Crippen LogP contribution in [0.2, 0.25) is 0 Å². The first-order valence-electron chi connectivity index (χ1n) is 12.8. The first kappa shape index (κ1) is 24.6. The summed E-state index contributed by atoms with van der Waals surface area (Å²) >= 11 is 0. The van der Waals surface area contributed by atoms with Crippen molar-refractivity contribution < 1.29 is 13.9 Å². The molecule has 0 unspecified atom stereocenters. The van der Waals surface area contributed by atoms with E-state index in [-0.39, 0.29) is 17.9 Å². The molecule has 39 heavy (non-hydrogen) atoms. The molecule has 196 valence electrons. The summed E-state index contributed by atoms with van der Waals surface area (Å²) in [5.41, 5.74) is 4.98. The molecule has 2 aliphatic heterocycles. The molecule has 4 aromatic rings. The molecule has 1 saturated heterocycles. The van der Waals surface area contributed by atoms with E-state index in [0.717, 1.165) is 39.3 Å². The van der Waals surface area contributed by atoms with Gasteiger partial charge in [0, 0.05) is 30.4 Å². The average Bonchev–Trinajstić information content (AvgIpc) is 3.56. The van der Waals surface area contributed by atoms with Gasteiger partial charge in [-0.2, -0.15) is 10.4 Å². The number of nitriles is 1. The molecule has 0 spiro atoms. The van der Waals surface area contributed by atoms with E-state index in [1.54, 1.807) is 13.3 Å². The van der Waals surface area contributed by atoms with E-state index in [1.165, 1.54) is 0 Å². The molecule has 1 amide bonds. The highest BCUT2D eigenvalue weighted by molar-refractivity contribution is 6.06. The molecular formula is C30H28N6O3. The zero-order valence-electron chi connectivity index (χ0n) is 21.8. The number of nitrogens with zero attached hydrogens (tertiary/aromatic N) is 5. The van der Waals surface area contributed by atoms with Gasteiger partial charge in [0.05, 0.1) is 50.6 Å². The first-order valence-corrected chi connectivity index (χ1v) is 12.8. The molecule has 9 nitrogen and oxygen atoms in total. The summed E-state index contributed by atoms with van der Waals surface area (Å²) in [6, 6.07) is 16.1. The van der Waals surface area contributed by atoms with Gasteiger partial charge in [-0.15, -0.1) is 0 Å². The van der Waals surface area contributed by atoms with Crippen molar-refractivity contribution in [1.29, 1.82) is 5.26 Å². The number of aryl methyl sites for hydroxylation is 1. The van der Waals surface area contributed by atoms with Crippen LogP contribution in [0.1, 0.15) is 35.6 Å². The lowest BCUT2D eigenvalue weighted by atomic mass is 9.89. The maximum Gasteiger partial charge on any atom is 0.231 e. The van der Waals surface area contributed by atoms with Gasteiger partial charge in [-0.3, -0.25) is 9.48 Å². The summed E-state index contributed by atoms with van der Waals surface area (Å²) in [6.07, 6.45) is 8.02. The minimum Gasteiger partial charge on any atom is -0.497 e. The average molecular weight is 521 g/mol. The number of amides is 1. The second kappa shape index (κ2) is 9.89. The second-order valence-electron chi connectivity index (χ2n) is 10.1. The summed E-state index contributed by atoms with van der Waals surface area (Å²) in [5.74, 6) is 1.87. The normalized spacial score (nSPS) is 16.1. The van der Waals surface area contributed by atoms with Crippen LogP contribution in [0.25, 0.3) is 22.8 Å². The smallest absolute Gasteiger partial charge is 0.231 e. The summed E-state index contributed by atoms with van der Waals surface area (Å²) in [7, 11) is 1.63. The van der Waals surface area contributed by atoms with E-state index in [2.05, 4.69) is 21.5 Å². The predicted molar refractivity (Wildman–Crippen MR) is 147 cm³/mol. The molecule has 0 aliphatic carbocycles. The SMILES string of the molecule is COc1ccc(CN2C(=O)CC(c3ncc(C)o3)=Cc3ccc(-c4cnn(C5(CC#N)CNC5)c4)cc32)cc1. The number of anilines is 1. The number of methoxy groups -OCH3 is 1. The lowest BCUT2D eigenvalue weighted by Crippen LogP contribution is -2.60. The van der Waals surface area contributed by atoms with Crippen molar-refractivity contribution in [1.82, 2.24) is 20.1 Å². The molecule has 2 aliphatic rings. The minimum atomic E-state index is -0.319. The highest BCUT2D eigenvalue weighted by Gasteiger charge is 2.39. The van der Waals surface area contributed by atoms with Gasteiger partial charge in [-0.05, 0) is 47.9 Å². The van der Waals surface area contributed by atoms with E-state index >= 15 is 0 Å². The van der Waals surface area contributed by atoms with E-state index in [9.17, 15) is 10.1 Å². The molecule has 0 saturated carbocycles. The monoisotopic (exact) mass is 520 g/mol. The standard InChI is InChI=1S/C30H28N6O3/c1-20-14-33-29(39-20)24-11-23-6-5-22(25-15-34-36(17-25)30(9-10-31)18-32-19-30)12-27(23)35(28(37)13-24)16-21-3-7-26(38-2)8-4-21/h3-8,11-12,14-15,17,32H,9,13,16,18-19H2,1-2H3. The molecule has 2 aromatic carbocycles. The summed E-state index contributed by atoms with van der Waals surface area (Å²) < 4.78 is 13.0. The fourth-order valence-electron chi connectivity index (χ4n) is 5.10. The third kappa shape index (κ3) is 4.60. The van der Waals surface area contributed by atoms with Crippen molar-refractivity contribution in [2.75, 3.05) is 25.1 Å². The van der Waals surface area contributed by atoms with Gasteiger partial charge in [-0.25, -0.2) is 4.98 Å². The lowest BCUT2D eigenvalue weighted by molar-refractivity contribution is -0.117. The lowest BCUT2D eigenvalue weighted by Gasteiger charge is -2.41. The van der Waals surface area contributed by atoms with Crippen LogP contribution >= 0.6 is 0 Å². The van der Waals surface area contributed by atoms with Crippen LogP contribution in [0.5, 0.6) is 5.75 Å². The van der Waals surface area contributed by atoms with E-state index in [4.69, 9.17) is 9.15 Å². The molecule has 9 heteroatoms. The van der Waals surface area contributed by atoms with Crippen molar-refractivity contribution in [3.8, 4) is 22.9 Å². The number of aromatic nitrogens is 3. The van der Waals surface area contributed by atoms with E-state index < -0.39 is 0 Å². The molecule has 0 atom stereocenters. The first-order chi connectivity index (χ1) is 19.0. The van der Waals surface area contributed by atoms with Crippen molar-refractivity contribution in [2.45, 2.75) is 31.8 Å². The Labute approximate surface area is 226 Å². The number of carbonyl (C=O) groups is 1. The Bertz CT molecular complexity index is 1600. The largest absolute Gasteiger partial charge is 0.497 e. The third-order valence-electron chi connectivity index (χ3n) is 7.41. The molecule has 0 bridgehead atoms. The van der Waals surface area contributed by atoms with Gasteiger partial charge in [0.25, 0.3) is 0 Å². The molecule has 0 radical (unpaired) electrons. The fourth-order valence-corrected chi connectivity index (χ4v) is 5.10. The van der Waals surface area contributed by atoms with E-state index in [0.29, 0.717) is 37.7 Å². The number of carbonyl (C=O) groups excluding carboxylic acids is 1. The quantitative estimate of drug-likeness (QED) is 0.381. The van der Waals surface area contributed by atoms with Gasteiger partial charge in [0.2, 0.25) is 11.8 Å². The number of rotatable bonds is 7. The topological polar surface area (TPSA) is 109 Å². The Hall–Kier alpha value is -4.68. The summed E-state index contributed by atoms with van der Waals surface area (Å²) in [6.45, 7) is 3.67.